The SMILES string of the molecule is Cc1ccc(S(=O)(=O)OCCOCCOCCOCCBr)cc1. The van der Waals surface area contributed by atoms with Gasteiger partial charge in [0.25, 0.3) is 10.1 Å². The Labute approximate surface area is 146 Å². The number of aryl methyl sites for hydroxylation is 1. The second kappa shape index (κ2) is 11.9. The van der Waals surface area contributed by atoms with E-state index in [1.54, 1.807) is 12.1 Å². The molecule has 0 heterocycles. The third-order valence-electron chi connectivity index (χ3n) is 2.74. The lowest BCUT2D eigenvalue weighted by molar-refractivity contribution is 0.0122. The van der Waals surface area contributed by atoms with Crippen LogP contribution in [0.3, 0.4) is 0 Å². The Morgan fingerprint density at radius 2 is 1.30 bits per heavy atom. The highest BCUT2D eigenvalue weighted by atomic mass is 79.9. The van der Waals surface area contributed by atoms with Crippen molar-refractivity contribution in [3.63, 3.8) is 0 Å². The number of hydrogen-bond acceptors (Lipinski definition) is 6. The molecule has 0 saturated carbocycles. The van der Waals surface area contributed by atoms with Crippen LogP contribution in [0.5, 0.6) is 0 Å². The summed E-state index contributed by atoms with van der Waals surface area (Å²) < 4.78 is 44.4. The van der Waals surface area contributed by atoms with E-state index >= 15 is 0 Å². The van der Waals surface area contributed by atoms with E-state index in [1.807, 2.05) is 6.92 Å². The van der Waals surface area contributed by atoms with Crippen LogP contribution in [0.4, 0.5) is 0 Å². The van der Waals surface area contributed by atoms with Gasteiger partial charge < -0.3 is 14.2 Å². The summed E-state index contributed by atoms with van der Waals surface area (Å²) in [4.78, 5) is 0.148. The highest BCUT2D eigenvalue weighted by Crippen LogP contribution is 2.12. The van der Waals surface area contributed by atoms with E-state index < -0.39 is 10.1 Å². The van der Waals surface area contributed by atoms with Crippen molar-refractivity contribution in [2.75, 3.05) is 51.6 Å². The monoisotopic (exact) mass is 410 g/mol. The summed E-state index contributed by atoms with van der Waals surface area (Å²) in [5, 5.41) is 0.807. The summed E-state index contributed by atoms with van der Waals surface area (Å²) >= 11 is 3.26. The molecule has 0 spiro atoms. The molecule has 0 amide bonds. The molecule has 0 aromatic heterocycles. The van der Waals surface area contributed by atoms with Gasteiger partial charge in [-0.25, -0.2) is 0 Å². The van der Waals surface area contributed by atoms with E-state index in [0.717, 1.165) is 10.9 Å². The minimum Gasteiger partial charge on any atom is -0.378 e. The Morgan fingerprint density at radius 1 is 0.826 bits per heavy atom. The molecule has 1 rings (SSSR count). The number of hydrogen-bond donors (Lipinski definition) is 0. The average molecular weight is 411 g/mol. The van der Waals surface area contributed by atoms with Crippen LogP contribution >= 0.6 is 15.9 Å². The molecule has 0 radical (unpaired) electrons. The van der Waals surface area contributed by atoms with E-state index in [-0.39, 0.29) is 18.1 Å². The third-order valence-corrected chi connectivity index (χ3v) is 4.39. The molecule has 1 aromatic rings. The maximum Gasteiger partial charge on any atom is 0.297 e. The van der Waals surface area contributed by atoms with Crippen LogP contribution in [0.15, 0.2) is 29.2 Å². The molecule has 0 fully saturated rings. The standard InChI is InChI=1S/C15H23BrO6S/c1-14-2-4-15(5-3-14)23(17,18)22-13-12-21-11-10-20-9-8-19-7-6-16/h2-5H,6-13H2,1H3. The van der Waals surface area contributed by atoms with E-state index in [4.69, 9.17) is 18.4 Å². The van der Waals surface area contributed by atoms with Gasteiger partial charge in [-0.1, -0.05) is 33.6 Å². The van der Waals surface area contributed by atoms with Gasteiger partial charge in [-0.2, -0.15) is 8.42 Å². The number of alkyl halides is 1. The average Bonchev–Trinajstić information content (AvgIpc) is 2.53. The minimum absolute atomic E-state index is 0.0232. The number of halogens is 1. The molecular weight excluding hydrogens is 388 g/mol. The van der Waals surface area contributed by atoms with Crippen molar-refractivity contribution in [1.29, 1.82) is 0 Å². The van der Waals surface area contributed by atoms with E-state index in [1.165, 1.54) is 12.1 Å². The summed E-state index contributed by atoms with van der Waals surface area (Å²) in [5.41, 5.74) is 0.991. The van der Waals surface area contributed by atoms with Crippen molar-refractivity contribution in [1.82, 2.24) is 0 Å². The smallest absolute Gasteiger partial charge is 0.297 e. The van der Waals surface area contributed by atoms with Gasteiger partial charge in [0, 0.05) is 5.33 Å². The molecule has 0 aliphatic rings. The van der Waals surface area contributed by atoms with Crippen LogP contribution in [0.2, 0.25) is 0 Å². The molecule has 6 nitrogen and oxygen atoms in total. The lowest BCUT2D eigenvalue weighted by atomic mass is 10.2. The molecular formula is C15H23BrO6S. The zero-order valence-corrected chi connectivity index (χ0v) is 15.6. The zero-order valence-electron chi connectivity index (χ0n) is 13.2. The van der Waals surface area contributed by atoms with Crippen molar-refractivity contribution in [3.8, 4) is 0 Å². The lowest BCUT2D eigenvalue weighted by Crippen LogP contribution is -2.14. The van der Waals surface area contributed by atoms with Crippen molar-refractivity contribution in [2.24, 2.45) is 0 Å². The van der Waals surface area contributed by atoms with Gasteiger partial charge in [-0.15, -0.1) is 0 Å². The predicted molar refractivity (Wildman–Crippen MR) is 90.6 cm³/mol. The van der Waals surface area contributed by atoms with E-state index in [2.05, 4.69) is 15.9 Å². The topological polar surface area (TPSA) is 71.1 Å². The summed E-state index contributed by atoms with van der Waals surface area (Å²) in [6.45, 7) is 4.58. The zero-order chi connectivity index (χ0) is 17.0. The molecule has 0 aliphatic heterocycles. The van der Waals surface area contributed by atoms with Crippen LogP contribution in [0, 0.1) is 6.92 Å². The summed E-state index contributed by atoms with van der Waals surface area (Å²) in [5.74, 6) is 0. The van der Waals surface area contributed by atoms with E-state index in [9.17, 15) is 8.42 Å². The molecule has 0 aliphatic carbocycles. The van der Waals surface area contributed by atoms with Crippen molar-refractivity contribution in [3.05, 3.63) is 29.8 Å². The van der Waals surface area contributed by atoms with Gasteiger partial charge in [-0.05, 0) is 19.1 Å². The summed E-state index contributed by atoms with van der Waals surface area (Å²) in [7, 11) is -3.72. The molecule has 0 unspecified atom stereocenters. The number of rotatable bonds is 13. The van der Waals surface area contributed by atoms with E-state index in [0.29, 0.717) is 33.0 Å². The van der Waals surface area contributed by atoms with Gasteiger partial charge in [0.2, 0.25) is 0 Å². The maximum atomic E-state index is 11.9. The molecule has 0 bridgehead atoms. The fourth-order valence-electron chi connectivity index (χ4n) is 1.57. The number of benzene rings is 1. The largest absolute Gasteiger partial charge is 0.378 e. The Morgan fingerprint density at radius 3 is 1.83 bits per heavy atom. The Balaban J connectivity index is 2.05. The summed E-state index contributed by atoms with van der Waals surface area (Å²) in [6, 6.07) is 6.51. The van der Waals surface area contributed by atoms with Crippen LogP contribution in [-0.2, 0) is 28.5 Å². The highest BCUT2D eigenvalue weighted by Gasteiger charge is 2.14. The predicted octanol–water partition coefficient (Wildman–Crippen LogP) is 2.15. The Bertz CT molecular complexity index is 517. The second-order valence-electron chi connectivity index (χ2n) is 4.62. The molecule has 1 aromatic carbocycles. The minimum atomic E-state index is -3.72. The van der Waals surface area contributed by atoms with Gasteiger partial charge >= 0.3 is 0 Å². The number of ether oxygens (including phenoxy) is 3. The molecule has 0 atom stereocenters. The highest BCUT2D eigenvalue weighted by molar-refractivity contribution is 9.09. The summed E-state index contributed by atoms with van der Waals surface area (Å²) in [6.07, 6.45) is 0. The van der Waals surface area contributed by atoms with Crippen molar-refractivity contribution >= 4 is 26.0 Å². The van der Waals surface area contributed by atoms with Gasteiger partial charge in [0.05, 0.1) is 51.1 Å². The fourth-order valence-corrected chi connectivity index (χ4v) is 2.69. The van der Waals surface area contributed by atoms with Crippen LogP contribution < -0.4 is 0 Å². The van der Waals surface area contributed by atoms with Gasteiger partial charge in [0.15, 0.2) is 0 Å². The second-order valence-corrected chi connectivity index (χ2v) is 7.02. The van der Waals surface area contributed by atoms with Crippen LogP contribution in [0.25, 0.3) is 0 Å². The molecule has 132 valence electrons. The molecule has 0 saturated heterocycles. The Hall–Kier alpha value is -0.510. The lowest BCUT2D eigenvalue weighted by Gasteiger charge is -2.08. The first kappa shape index (κ1) is 20.5. The van der Waals surface area contributed by atoms with Crippen LogP contribution in [0.1, 0.15) is 5.56 Å². The first-order chi connectivity index (χ1) is 11.1. The molecule has 8 heteroatoms. The Kier molecular flexibility index (Phi) is 10.7. The van der Waals surface area contributed by atoms with Crippen LogP contribution in [-0.4, -0.2) is 60.0 Å². The fraction of sp³-hybridized carbons (Fsp3) is 0.600. The van der Waals surface area contributed by atoms with Gasteiger partial charge in [0.1, 0.15) is 0 Å². The first-order valence-electron chi connectivity index (χ1n) is 7.31. The normalized spacial score (nSPS) is 11.7. The quantitative estimate of drug-likeness (QED) is 0.282. The first-order valence-corrected chi connectivity index (χ1v) is 9.84. The molecule has 23 heavy (non-hydrogen) atoms. The maximum absolute atomic E-state index is 11.9. The van der Waals surface area contributed by atoms with Crippen molar-refractivity contribution in [2.45, 2.75) is 11.8 Å². The third kappa shape index (κ3) is 9.39. The van der Waals surface area contributed by atoms with Gasteiger partial charge in [-0.3, -0.25) is 4.18 Å². The molecule has 0 N–H and O–H groups in total. The van der Waals surface area contributed by atoms with Crippen molar-refractivity contribution < 1.29 is 26.8 Å².